The van der Waals surface area contributed by atoms with Gasteiger partial charge in [0.2, 0.25) is 5.28 Å². The van der Waals surface area contributed by atoms with Crippen LogP contribution in [0.25, 0.3) is 10.9 Å². The van der Waals surface area contributed by atoms with E-state index < -0.39 is 0 Å². The van der Waals surface area contributed by atoms with Crippen molar-refractivity contribution < 1.29 is 4.74 Å². The molecule has 0 saturated carbocycles. The average molecular weight is 294 g/mol. The van der Waals surface area contributed by atoms with E-state index in [1.165, 1.54) is 0 Å². The topological polar surface area (TPSA) is 56.1 Å². The van der Waals surface area contributed by atoms with E-state index in [0.717, 1.165) is 25.9 Å². The zero-order valence-corrected chi connectivity index (χ0v) is 12.0. The van der Waals surface area contributed by atoms with E-state index in [2.05, 4.69) is 10.3 Å². The quantitative estimate of drug-likeness (QED) is 0.860. The van der Waals surface area contributed by atoms with Crippen molar-refractivity contribution in [2.24, 2.45) is 0 Å². The van der Waals surface area contributed by atoms with Gasteiger partial charge in [-0.3, -0.25) is 9.36 Å². The number of benzene rings is 1. The number of nitrogens with zero attached hydrogens (tertiary/aromatic N) is 2. The number of halogens is 1. The molecule has 1 fully saturated rings. The normalized spacial score (nSPS) is 16.5. The van der Waals surface area contributed by atoms with Gasteiger partial charge in [-0.25, -0.2) is 4.98 Å². The number of rotatable bonds is 2. The summed E-state index contributed by atoms with van der Waals surface area (Å²) in [4.78, 5) is 17.0. The van der Waals surface area contributed by atoms with Gasteiger partial charge in [0.25, 0.3) is 5.56 Å². The zero-order valence-electron chi connectivity index (χ0n) is 11.2. The summed E-state index contributed by atoms with van der Waals surface area (Å²) >= 11 is 6.22. The highest BCUT2D eigenvalue weighted by atomic mass is 35.5. The molecule has 5 nitrogen and oxygen atoms in total. The molecular formula is C14H16ClN3O2. The lowest BCUT2D eigenvalue weighted by Gasteiger charge is -2.25. The number of ether oxygens (including phenoxy) is 1. The Morgan fingerprint density at radius 2 is 2.15 bits per heavy atom. The molecular weight excluding hydrogens is 278 g/mol. The Balaban J connectivity index is 2.18. The molecule has 1 N–H and O–H groups in total. The highest BCUT2D eigenvalue weighted by Crippen LogP contribution is 2.23. The molecule has 1 aromatic heterocycles. The van der Waals surface area contributed by atoms with Gasteiger partial charge in [0.15, 0.2) is 0 Å². The van der Waals surface area contributed by atoms with Gasteiger partial charge in [-0.15, -0.1) is 0 Å². The van der Waals surface area contributed by atoms with Gasteiger partial charge in [0, 0.05) is 6.04 Å². The number of hydrogen-bond acceptors (Lipinski definition) is 4. The van der Waals surface area contributed by atoms with Crippen molar-refractivity contribution in [1.29, 1.82) is 0 Å². The predicted octanol–water partition coefficient (Wildman–Crippen LogP) is 1.98. The second-order valence-electron chi connectivity index (χ2n) is 4.92. The summed E-state index contributed by atoms with van der Waals surface area (Å²) in [5.74, 6) is 0.649. The zero-order chi connectivity index (χ0) is 14.1. The van der Waals surface area contributed by atoms with Crippen molar-refractivity contribution in [1.82, 2.24) is 14.9 Å². The Morgan fingerprint density at radius 1 is 1.40 bits per heavy atom. The molecule has 0 unspecified atom stereocenters. The average Bonchev–Trinajstić information content (AvgIpc) is 2.48. The lowest BCUT2D eigenvalue weighted by Crippen LogP contribution is -2.35. The Morgan fingerprint density at radius 3 is 2.85 bits per heavy atom. The summed E-state index contributed by atoms with van der Waals surface area (Å²) in [6.45, 7) is 1.78. The smallest absolute Gasteiger partial charge is 0.262 e. The van der Waals surface area contributed by atoms with Gasteiger partial charge in [-0.2, -0.15) is 0 Å². The molecule has 1 saturated heterocycles. The monoisotopic (exact) mass is 293 g/mol. The van der Waals surface area contributed by atoms with Crippen LogP contribution in [0.1, 0.15) is 18.9 Å². The van der Waals surface area contributed by atoms with Gasteiger partial charge >= 0.3 is 0 Å². The van der Waals surface area contributed by atoms with E-state index >= 15 is 0 Å². The fourth-order valence-electron chi connectivity index (χ4n) is 2.66. The summed E-state index contributed by atoms with van der Waals surface area (Å²) in [5.41, 5.74) is 0.511. The Hall–Kier alpha value is -1.59. The summed E-state index contributed by atoms with van der Waals surface area (Å²) in [5, 5.41) is 4.09. The maximum atomic E-state index is 12.7. The fourth-order valence-corrected chi connectivity index (χ4v) is 2.96. The van der Waals surface area contributed by atoms with Crippen LogP contribution in [0.2, 0.25) is 5.28 Å². The second-order valence-corrected chi connectivity index (χ2v) is 5.26. The number of nitrogens with one attached hydrogen (secondary N) is 1. The molecule has 1 aromatic carbocycles. The van der Waals surface area contributed by atoms with Crippen LogP contribution in [0.4, 0.5) is 0 Å². The summed E-state index contributed by atoms with van der Waals surface area (Å²) in [6, 6.07) is 5.37. The number of fused-ring (bicyclic) bond motifs is 1. The van der Waals surface area contributed by atoms with Crippen molar-refractivity contribution in [3.05, 3.63) is 33.8 Å². The molecule has 1 aliphatic heterocycles. The molecule has 0 atom stereocenters. The second kappa shape index (κ2) is 5.42. The molecule has 0 amide bonds. The highest BCUT2D eigenvalue weighted by Gasteiger charge is 2.20. The molecule has 6 heteroatoms. The molecule has 1 aliphatic rings. The summed E-state index contributed by atoms with van der Waals surface area (Å²) in [7, 11) is 1.58. The first-order valence-corrected chi connectivity index (χ1v) is 7.05. The van der Waals surface area contributed by atoms with Crippen LogP contribution in [-0.2, 0) is 0 Å². The first-order valence-electron chi connectivity index (χ1n) is 6.67. The van der Waals surface area contributed by atoms with Crippen molar-refractivity contribution in [2.45, 2.75) is 18.9 Å². The minimum Gasteiger partial charge on any atom is -0.497 e. The van der Waals surface area contributed by atoms with Gasteiger partial charge in [-0.05, 0) is 55.7 Å². The highest BCUT2D eigenvalue weighted by molar-refractivity contribution is 6.28. The number of hydrogen-bond donors (Lipinski definition) is 1. The van der Waals surface area contributed by atoms with E-state index in [0.29, 0.717) is 16.7 Å². The number of aromatic nitrogens is 2. The molecule has 0 radical (unpaired) electrons. The van der Waals surface area contributed by atoms with E-state index in [-0.39, 0.29) is 16.9 Å². The van der Waals surface area contributed by atoms with Crippen LogP contribution in [0.3, 0.4) is 0 Å². The van der Waals surface area contributed by atoms with Crippen LogP contribution < -0.4 is 15.6 Å². The standard InChI is InChI=1S/C14H16ClN3O2/c1-20-10-2-3-12-11(8-10)13(19)18(14(15)17-12)9-4-6-16-7-5-9/h2-3,8-9,16H,4-7H2,1H3. The van der Waals surface area contributed by atoms with Crippen molar-refractivity contribution in [3.63, 3.8) is 0 Å². The molecule has 106 valence electrons. The lowest BCUT2D eigenvalue weighted by atomic mass is 10.1. The molecule has 0 aliphatic carbocycles. The molecule has 0 bridgehead atoms. The Bertz CT molecular complexity index is 693. The van der Waals surface area contributed by atoms with Gasteiger partial charge in [-0.1, -0.05) is 0 Å². The van der Waals surface area contributed by atoms with E-state index in [1.807, 2.05) is 0 Å². The molecule has 2 aromatic rings. The molecule has 2 heterocycles. The third-order valence-electron chi connectivity index (χ3n) is 3.74. The van der Waals surface area contributed by atoms with Gasteiger partial charge in [0.1, 0.15) is 5.75 Å². The molecule has 3 rings (SSSR count). The van der Waals surface area contributed by atoms with Crippen molar-refractivity contribution >= 4 is 22.5 Å². The lowest BCUT2D eigenvalue weighted by molar-refractivity contribution is 0.360. The molecule has 0 spiro atoms. The summed E-state index contributed by atoms with van der Waals surface area (Å²) in [6.07, 6.45) is 1.77. The van der Waals surface area contributed by atoms with Gasteiger partial charge < -0.3 is 10.1 Å². The first-order chi connectivity index (χ1) is 9.70. The van der Waals surface area contributed by atoms with E-state index in [9.17, 15) is 4.79 Å². The van der Waals surface area contributed by atoms with Gasteiger partial charge in [0.05, 0.1) is 18.0 Å². The minimum atomic E-state index is -0.0919. The fraction of sp³-hybridized carbons (Fsp3) is 0.429. The van der Waals surface area contributed by atoms with Crippen LogP contribution in [0.15, 0.2) is 23.0 Å². The van der Waals surface area contributed by atoms with Crippen LogP contribution in [-0.4, -0.2) is 29.8 Å². The van der Waals surface area contributed by atoms with Crippen molar-refractivity contribution in [2.75, 3.05) is 20.2 Å². The summed E-state index contributed by atoms with van der Waals surface area (Å²) < 4.78 is 6.79. The first kappa shape index (κ1) is 13.4. The number of piperidine rings is 1. The third-order valence-corrected chi connectivity index (χ3v) is 4.00. The third kappa shape index (κ3) is 2.27. The van der Waals surface area contributed by atoms with Crippen LogP contribution in [0, 0.1) is 0 Å². The minimum absolute atomic E-state index is 0.0919. The maximum absolute atomic E-state index is 12.7. The Labute approximate surface area is 121 Å². The SMILES string of the molecule is COc1ccc2nc(Cl)n(C3CCNCC3)c(=O)c2c1. The largest absolute Gasteiger partial charge is 0.497 e. The van der Waals surface area contributed by atoms with Crippen LogP contribution in [0.5, 0.6) is 5.75 Å². The Kier molecular flexibility index (Phi) is 3.63. The van der Waals surface area contributed by atoms with E-state index in [4.69, 9.17) is 16.3 Å². The van der Waals surface area contributed by atoms with Crippen molar-refractivity contribution in [3.8, 4) is 5.75 Å². The van der Waals surface area contributed by atoms with Crippen LogP contribution >= 0.6 is 11.6 Å². The van der Waals surface area contributed by atoms with E-state index in [1.54, 1.807) is 29.9 Å². The predicted molar refractivity (Wildman–Crippen MR) is 78.7 cm³/mol. The molecule has 20 heavy (non-hydrogen) atoms. The number of methoxy groups -OCH3 is 1. The maximum Gasteiger partial charge on any atom is 0.262 e.